The van der Waals surface area contributed by atoms with Crippen molar-refractivity contribution in [3.63, 3.8) is 0 Å². The van der Waals surface area contributed by atoms with Crippen molar-refractivity contribution in [2.75, 3.05) is 19.0 Å². The molecule has 1 aromatic rings. The Balaban J connectivity index is 2.69. The fourth-order valence-corrected chi connectivity index (χ4v) is 0.800. The Labute approximate surface area is 75.6 Å². The minimum atomic E-state index is 0.0986. The highest BCUT2D eigenvalue weighted by Crippen LogP contribution is 2.11. The number of anilines is 1. The van der Waals surface area contributed by atoms with E-state index in [9.17, 15) is 0 Å². The second-order valence-corrected chi connectivity index (χ2v) is 2.77. The molecule has 0 bridgehead atoms. The highest BCUT2D eigenvalue weighted by Gasteiger charge is 2.06. The number of oxime groups is 1. The highest BCUT2D eigenvalue weighted by atomic mass is 16.4. The lowest BCUT2D eigenvalue weighted by Gasteiger charge is -2.03. The topological polar surface area (TPSA) is 87.9 Å². The zero-order chi connectivity index (χ0) is 9.84. The molecule has 0 atom stereocenters. The van der Waals surface area contributed by atoms with Gasteiger partial charge >= 0.3 is 0 Å². The summed E-state index contributed by atoms with van der Waals surface area (Å²) in [6.45, 7) is 0. The van der Waals surface area contributed by atoms with Crippen molar-refractivity contribution < 1.29 is 9.62 Å². The third-order valence-electron chi connectivity index (χ3n) is 1.41. The van der Waals surface area contributed by atoms with Gasteiger partial charge in [0.15, 0.2) is 0 Å². The Morgan fingerprint density at radius 1 is 1.77 bits per heavy atom. The normalized spacial score (nSPS) is 11.7. The van der Waals surface area contributed by atoms with Gasteiger partial charge in [0, 0.05) is 14.1 Å². The van der Waals surface area contributed by atoms with E-state index in [2.05, 4.69) is 10.1 Å². The van der Waals surface area contributed by atoms with Gasteiger partial charge in [-0.15, -0.1) is 0 Å². The third kappa shape index (κ3) is 2.36. The molecule has 6 nitrogen and oxygen atoms in total. The summed E-state index contributed by atoms with van der Waals surface area (Å²) >= 11 is 0. The van der Waals surface area contributed by atoms with Gasteiger partial charge < -0.3 is 20.3 Å². The second-order valence-electron chi connectivity index (χ2n) is 2.77. The lowest BCUT2D eigenvalue weighted by molar-refractivity contribution is 0.316. The summed E-state index contributed by atoms with van der Waals surface area (Å²) in [4.78, 5) is 5.70. The Bertz CT molecular complexity index is 305. The van der Waals surface area contributed by atoms with Crippen molar-refractivity contribution in [2.24, 2.45) is 10.9 Å². The van der Waals surface area contributed by atoms with Crippen LogP contribution in [0.15, 0.2) is 15.8 Å². The zero-order valence-corrected chi connectivity index (χ0v) is 7.56. The minimum Gasteiger partial charge on any atom is -0.428 e. The van der Waals surface area contributed by atoms with Crippen molar-refractivity contribution in [1.82, 2.24) is 4.98 Å². The Morgan fingerprint density at radius 3 is 2.92 bits per heavy atom. The molecule has 0 fully saturated rings. The first kappa shape index (κ1) is 9.37. The number of nitrogens with zero attached hydrogens (tertiary/aromatic N) is 3. The molecule has 0 amide bonds. The number of oxazole rings is 1. The summed E-state index contributed by atoms with van der Waals surface area (Å²) in [6.07, 6.45) is 1.81. The van der Waals surface area contributed by atoms with Gasteiger partial charge in [0.2, 0.25) is 0 Å². The maximum absolute atomic E-state index is 8.30. The van der Waals surface area contributed by atoms with E-state index in [1.807, 2.05) is 14.1 Å². The summed E-state index contributed by atoms with van der Waals surface area (Å²) in [6, 6.07) is 0.501. The maximum atomic E-state index is 8.30. The van der Waals surface area contributed by atoms with E-state index in [0.29, 0.717) is 11.8 Å². The van der Waals surface area contributed by atoms with Gasteiger partial charge in [-0.2, -0.15) is 0 Å². The number of rotatable bonds is 3. The van der Waals surface area contributed by atoms with Gasteiger partial charge in [0.05, 0.1) is 12.6 Å². The van der Waals surface area contributed by atoms with Crippen LogP contribution in [-0.2, 0) is 6.42 Å². The molecule has 1 rings (SSSR count). The molecule has 0 saturated carbocycles. The summed E-state index contributed by atoms with van der Waals surface area (Å²) in [7, 11) is 3.64. The van der Waals surface area contributed by atoms with E-state index in [0.717, 1.165) is 0 Å². The molecule has 0 aliphatic rings. The monoisotopic (exact) mass is 184 g/mol. The molecule has 1 heterocycles. The maximum Gasteiger partial charge on any atom is 0.296 e. The average Bonchev–Trinajstić information content (AvgIpc) is 2.52. The van der Waals surface area contributed by atoms with E-state index in [-0.39, 0.29) is 12.3 Å². The van der Waals surface area contributed by atoms with Crippen LogP contribution in [0, 0.1) is 0 Å². The third-order valence-corrected chi connectivity index (χ3v) is 1.41. The van der Waals surface area contributed by atoms with Crippen LogP contribution in [0.2, 0.25) is 0 Å². The van der Waals surface area contributed by atoms with Crippen molar-refractivity contribution in [3.8, 4) is 0 Å². The number of aromatic nitrogens is 1. The quantitative estimate of drug-likeness (QED) is 0.299. The molecule has 3 N–H and O–H groups in total. The molecule has 0 radical (unpaired) electrons. The molecular formula is C7H12N4O2. The largest absolute Gasteiger partial charge is 0.428 e. The molecule has 1 aromatic heterocycles. The fourth-order valence-electron chi connectivity index (χ4n) is 0.800. The minimum absolute atomic E-state index is 0.0986. The molecule has 0 spiro atoms. The SMILES string of the molecule is CN(C)c1ncc(C/C(N)=N/O)o1. The molecule has 0 aromatic carbocycles. The predicted molar refractivity (Wildman–Crippen MR) is 47.9 cm³/mol. The van der Waals surface area contributed by atoms with E-state index >= 15 is 0 Å². The van der Waals surface area contributed by atoms with Crippen LogP contribution in [0.4, 0.5) is 6.01 Å². The summed E-state index contributed by atoms with van der Waals surface area (Å²) in [5.41, 5.74) is 5.29. The van der Waals surface area contributed by atoms with E-state index in [1.54, 1.807) is 11.1 Å². The summed E-state index contributed by atoms with van der Waals surface area (Å²) in [5, 5.41) is 11.1. The molecule has 13 heavy (non-hydrogen) atoms. The smallest absolute Gasteiger partial charge is 0.296 e. The zero-order valence-electron chi connectivity index (χ0n) is 7.56. The van der Waals surface area contributed by atoms with Crippen LogP contribution < -0.4 is 10.6 Å². The predicted octanol–water partition coefficient (Wildman–Crippen LogP) is 0.0295. The van der Waals surface area contributed by atoms with E-state index < -0.39 is 0 Å². The van der Waals surface area contributed by atoms with Gasteiger partial charge in [0.25, 0.3) is 6.01 Å². The highest BCUT2D eigenvalue weighted by molar-refractivity contribution is 5.81. The number of hydrogen-bond donors (Lipinski definition) is 2. The number of amidine groups is 1. The van der Waals surface area contributed by atoms with Crippen molar-refractivity contribution >= 4 is 11.9 Å². The van der Waals surface area contributed by atoms with Crippen LogP contribution in [0.25, 0.3) is 0 Å². The second kappa shape index (κ2) is 3.79. The van der Waals surface area contributed by atoms with Crippen LogP contribution in [-0.4, -0.2) is 30.1 Å². The van der Waals surface area contributed by atoms with Crippen LogP contribution in [0.5, 0.6) is 0 Å². The molecule has 72 valence electrons. The standard InChI is InChI=1S/C7H12N4O2/c1-11(2)7-9-4-5(13-7)3-6(8)10-12/h4,12H,3H2,1-2H3,(H2,8,10). The van der Waals surface area contributed by atoms with Crippen LogP contribution >= 0.6 is 0 Å². The molecule has 0 aliphatic carbocycles. The lowest BCUT2D eigenvalue weighted by atomic mass is 10.3. The van der Waals surface area contributed by atoms with Crippen LogP contribution in [0.1, 0.15) is 5.76 Å². The van der Waals surface area contributed by atoms with Gasteiger partial charge in [-0.25, -0.2) is 4.98 Å². The molecular weight excluding hydrogens is 172 g/mol. The first-order valence-corrected chi connectivity index (χ1v) is 3.72. The number of hydrogen-bond acceptors (Lipinski definition) is 5. The van der Waals surface area contributed by atoms with Gasteiger partial charge in [-0.3, -0.25) is 0 Å². The van der Waals surface area contributed by atoms with Crippen molar-refractivity contribution in [2.45, 2.75) is 6.42 Å². The van der Waals surface area contributed by atoms with Crippen LogP contribution in [0.3, 0.4) is 0 Å². The first-order chi connectivity index (χ1) is 6.13. The first-order valence-electron chi connectivity index (χ1n) is 3.72. The fraction of sp³-hybridized carbons (Fsp3) is 0.429. The molecule has 0 aliphatic heterocycles. The summed E-state index contributed by atoms with van der Waals surface area (Å²) in [5.74, 6) is 0.667. The summed E-state index contributed by atoms with van der Waals surface area (Å²) < 4.78 is 5.26. The number of nitrogens with two attached hydrogens (primary N) is 1. The van der Waals surface area contributed by atoms with E-state index in [4.69, 9.17) is 15.4 Å². The van der Waals surface area contributed by atoms with Gasteiger partial charge in [-0.05, 0) is 0 Å². The van der Waals surface area contributed by atoms with E-state index in [1.165, 1.54) is 0 Å². The van der Waals surface area contributed by atoms with Crippen molar-refractivity contribution in [3.05, 3.63) is 12.0 Å². The molecule has 0 unspecified atom stereocenters. The Kier molecular flexibility index (Phi) is 2.73. The molecule has 6 heteroatoms. The van der Waals surface area contributed by atoms with Gasteiger partial charge in [0.1, 0.15) is 11.6 Å². The Hall–Kier alpha value is -1.72. The Morgan fingerprint density at radius 2 is 2.46 bits per heavy atom. The molecule has 0 saturated heterocycles. The van der Waals surface area contributed by atoms with Crippen molar-refractivity contribution in [1.29, 1.82) is 0 Å². The average molecular weight is 184 g/mol. The lowest BCUT2D eigenvalue weighted by Crippen LogP contribution is -2.14. The van der Waals surface area contributed by atoms with Gasteiger partial charge in [-0.1, -0.05) is 5.16 Å².